The molecule has 39 heavy (non-hydrogen) atoms. The average Bonchev–Trinajstić information content (AvgIpc) is 3.25. The summed E-state index contributed by atoms with van der Waals surface area (Å²) in [4.78, 5) is 0. The molecule has 1 aliphatic rings. The molecule has 0 aromatic heterocycles. The Hall–Kier alpha value is -1.06. The maximum absolute atomic E-state index is 2.55. The number of hydrogen-bond donors (Lipinski definition) is 0. The van der Waals surface area contributed by atoms with Gasteiger partial charge in [-0.2, -0.15) is 0 Å². The number of rotatable bonds is 8. The first kappa shape index (κ1) is 36.0. The standard InChI is InChI=1S/C34H41Si.3ClH.Ti/c1-8-27-18-19-34(20-27)35(31-15-9-12-28(21-31)24(2)3,32-16-10-13-29(22-32)25(4)5)33-17-11-14-30(23-33)26(6)7;;;;/h9-18,21-26H,8,19H2,1-7H3;3*1H;/q;;;;+3/p-3. The van der Waals surface area contributed by atoms with Crippen molar-refractivity contribution in [3.05, 3.63) is 110 Å². The molecule has 0 nitrogen and oxygen atoms in total. The Labute approximate surface area is 268 Å². The summed E-state index contributed by atoms with van der Waals surface area (Å²) < 4.78 is 1.53. The molecule has 0 fully saturated rings. The second kappa shape index (κ2) is 15.2. The van der Waals surface area contributed by atoms with Gasteiger partial charge in [0.05, 0.1) is 0 Å². The Morgan fingerprint density at radius 3 is 1.28 bits per heavy atom. The summed E-state index contributed by atoms with van der Waals surface area (Å²) in [6.45, 7) is 16.2. The molecule has 3 aromatic rings. The number of halogens is 3. The normalized spacial score (nSPS) is 13.3. The molecular weight excluding hydrogens is 591 g/mol. The smallest absolute Gasteiger partial charge is 1.00 e. The fourth-order valence-corrected chi connectivity index (χ4v) is 12.4. The number of allylic oxidation sites excluding steroid dienone is 4. The van der Waals surface area contributed by atoms with Crippen molar-refractivity contribution in [1.29, 1.82) is 0 Å². The van der Waals surface area contributed by atoms with Gasteiger partial charge in [0, 0.05) is 0 Å². The molecule has 206 valence electrons. The summed E-state index contributed by atoms with van der Waals surface area (Å²) >= 11 is 2.39. The van der Waals surface area contributed by atoms with E-state index in [4.69, 9.17) is 0 Å². The van der Waals surface area contributed by atoms with Crippen LogP contribution in [0.25, 0.3) is 0 Å². The van der Waals surface area contributed by atoms with Gasteiger partial charge < -0.3 is 37.2 Å². The van der Waals surface area contributed by atoms with Crippen LogP contribution in [0.4, 0.5) is 0 Å². The van der Waals surface area contributed by atoms with Crippen LogP contribution in [0.5, 0.6) is 0 Å². The molecule has 0 atom stereocenters. The third-order valence-corrected chi connectivity index (χ3v) is 14.2. The molecule has 0 unspecified atom stereocenters. The maximum atomic E-state index is 2.55. The van der Waals surface area contributed by atoms with Crippen LogP contribution in [-0.4, -0.2) is 8.07 Å². The SMILES string of the molecule is CCC1=CCC([Si](c2cccc(C(C)C)c2)(c2cccc(C(C)C)c2)c2cccc(C(C)C)c2)=[C]1[Ti+3].[Cl-].[Cl-].[Cl-]. The van der Waals surface area contributed by atoms with E-state index in [0.717, 1.165) is 12.8 Å². The fraction of sp³-hybridized carbons (Fsp3) is 0.353. The van der Waals surface area contributed by atoms with E-state index in [9.17, 15) is 0 Å². The first-order chi connectivity index (χ1) is 17.2. The molecule has 0 saturated heterocycles. The minimum Gasteiger partial charge on any atom is -1.00 e. The van der Waals surface area contributed by atoms with E-state index in [-0.39, 0.29) is 37.2 Å². The maximum Gasteiger partial charge on any atom is -1.00 e. The zero-order valence-corrected chi connectivity index (χ0v) is 29.1. The van der Waals surface area contributed by atoms with E-state index in [1.807, 2.05) is 0 Å². The molecule has 0 saturated carbocycles. The zero-order valence-electron chi connectivity index (χ0n) is 24.3. The Morgan fingerprint density at radius 1 is 0.641 bits per heavy atom. The first-order valence-corrected chi connectivity index (χ1v) is 16.4. The summed E-state index contributed by atoms with van der Waals surface area (Å²) in [5, 5.41) is 6.24. The molecule has 0 aliphatic heterocycles. The van der Waals surface area contributed by atoms with Crippen LogP contribution < -0.4 is 52.8 Å². The molecular formula is C34H41Cl3SiTi. The van der Waals surface area contributed by atoms with E-state index >= 15 is 0 Å². The van der Waals surface area contributed by atoms with E-state index in [1.165, 1.54) is 41.7 Å². The fourth-order valence-electron chi connectivity index (χ4n) is 5.70. The van der Waals surface area contributed by atoms with Gasteiger partial charge in [-0.25, -0.2) is 0 Å². The summed E-state index contributed by atoms with van der Waals surface area (Å²) in [5.41, 5.74) is 5.83. The van der Waals surface area contributed by atoms with Crippen molar-refractivity contribution in [3.63, 3.8) is 0 Å². The molecule has 0 amide bonds. The molecule has 0 heterocycles. The molecule has 0 N–H and O–H groups in total. The van der Waals surface area contributed by atoms with E-state index < -0.39 is 8.07 Å². The van der Waals surface area contributed by atoms with Crippen LogP contribution in [0.1, 0.15) is 95.8 Å². The van der Waals surface area contributed by atoms with Gasteiger partial charge in [0.1, 0.15) is 0 Å². The summed E-state index contributed by atoms with van der Waals surface area (Å²) in [7, 11) is -2.52. The van der Waals surface area contributed by atoms with Crippen molar-refractivity contribution in [1.82, 2.24) is 0 Å². The van der Waals surface area contributed by atoms with E-state index in [2.05, 4.69) is 148 Å². The minimum absolute atomic E-state index is 0. The van der Waals surface area contributed by atoms with Gasteiger partial charge in [0.2, 0.25) is 0 Å². The molecule has 4 rings (SSSR count). The Morgan fingerprint density at radius 2 is 1.00 bits per heavy atom. The zero-order chi connectivity index (χ0) is 26.0. The van der Waals surface area contributed by atoms with Crippen LogP contribution in [0.3, 0.4) is 0 Å². The molecule has 1 aliphatic carbocycles. The Bertz CT molecular complexity index is 1180. The predicted octanol–water partition coefficient (Wildman–Crippen LogP) is -1.38. The van der Waals surface area contributed by atoms with Crippen molar-refractivity contribution in [2.75, 3.05) is 0 Å². The van der Waals surface area contributed by atoms with Gasteiger partial charge in [-0.15, -0.1) is 0 Å². The molecule has 0 bridgehead atoms. The molecule has 0 spiro atoms. The second-order valence-electron chi connectivity index (χ2n) is 11.2. The topological polar surface area (TPSA) is 0 Å². The molecule has 3 aromatic carbocycles. The third-order valence-electron chi connectivity index (χ3n) is 7.97. The van der Waals surface area contributed by atoms with Crippen molar-refractivity contribution >= 4 is 23.6 Å². The average molecular weight is 632 g/mol. The Balaban J connectivity index is 0.00000253. The number of hydrogen-bond acceptors (Lipinski definition) is 0. The number of benzene rings is 3. The van der Waals surface area contributed by atoms with Crippen LogP contribution in [0, 0.1) is 0 Å². The van der Waals surface area contributed by atoms with E-state index in [1.54, 1.807) is 5.20 Å². The summed E-state index contributed by atoms with van der Waals surface area (Å²) in [6, 6.07) is 28.8. The quantitative estimate of drug-likeness (QED) is 0.213. The van der Waals surface area contributed by atoms with Crippen molar-refractivity contribution in [2.24, 2.45) is 0 Å². The van der Waals surface area contributed by atoms with Gasteiger partial charge >= 0.3 is 233 Å². The Kier molecular flexibility index (Phi) is 14.1. The minimum atomic E-state index is -2.52. The summed E-state index contributed by atoms with van der Waals surface area (Å²) in [6.07, 6.45) is 4.67. The van der Waals surface area contributed by atoms with Crippen LogP contribution in [0.15, 0.2) is 93.5 Å². The van der Waals surface area contributed by atoms with Gasteiger partial charge in [0.25, 0.3) is 0 Å². The predicted molar refractivity (Wildman–Crippen MR) is 156 cm³/mol. The van der Waals surface area contributed by atoms with E-state index in [0.29, 0.717) is 17.8 Å². The van der Waals surface area contributed by atoms with Crippen LogP contribution in [-0.2, 0) is 20.4 Å². The van der Waals surface area contributed by atoms with Crippen LogP contribution >= 0.6 is 0 Å². The van der Waals surface area contributed by atoms with Crippen LogP contribution in [0.2, 0.25) is 0 Å². The second-order valence-corrected chi connectivity index (χ2v) is 15.8. The van der Waals surface area contributed by atoms with Crippen molar-refractivity contribution < 1.29 is 57.7 Å². The van der Waals surface area contributed by atoms with Gasteiger partial charge in [-0.1, -0.05) is 0 Å². The monoisotopic (exact) mass is 630 g/mol. The van der Waals surface area contributed by atoms with Gasteiger partial charge in [0.15, 0.2) is 0 Å². The molecule has 0 radical (unpaired) electrons. The largest absolute Gasteiger partial charge is 1.00 e. The van der Waals surface area contributed by atoms with Crippen molar-refractivity contribution in [2.45, 2.75) is 79.1 Å². The van der Waals surface area contributed by atoms with Gasteiger partial charge in [-0.3, -0.25) is 0 Å². The first-order valence-electron chi connectivity index (χ1n) is 13.7. The third kappa shape index (κ3) is 7.06. The van der Waals surface area contributed by atoms with Crippen molar-refractivity contribution in [3.8, 4) is 0 Å². The summed E-state index contributed by atoms with van der Waals surface area (Å²) in [5.74, 6) is 1.51. The molecule has 5 heteroatoms. The van der Waals surface area contributed by atoms with Gasteiger partial charge in [-0.05, 0) is 0 Å².